The second-order valence-corrected chi connectivity index (χ2v) is 4.43. The molecule has 0 aliphatic carbocycles. The monoisotopic (exact) mass is 237 g/mol. The second-order valence-electron chi connectivity index (χ2n) is 4.43. The van der Waals surface area contributed by atoms with E-state index in [2.05, 4.69) is 5.32 Å². The van der Waals surface area contributed by atoms with Gasteiger partial charge in [-0.3, -0.25) is 4.79 Å². The van der Waals surface area contributed by atoms with Crippen molar-refractivity contribution in [1.29, 1.82) is 0 Å². The van der Waals surface area contributed by atoms with Gasteiger partial charge < -0.3 is 15.5 Å². The highest BCUT2D eigenvalue weighted by Crippen LogP contribution is 2.25. The van der Waals surface area contributed by atoms with E-state index in [1.807, 2.05) is 20.8 Å². The van der Waals surface area contributed by atoms with Gasteiger partial charge in [-0.2, -0.15) is 0 Å². The molecule has 0 unspecified atom stereocenters. The average molecular weight is 237 g/mol. The number of benzene rings is 1. The lowest BCUT2D eigenvalue weighted by Crippen LogP contribution is -2.44. The van der Waals surface area contributed by atoms with E-state index in [1.165, 1.54) is 18.2 Å². The Morgan fingerprint density at radius 2 is 1.82 bits per heavy atom. The summed E-state index contributed by atoms with van der Waals surface area (Å²) in [5.74, 6) is -0.755. The van der Waals surface area contributed by atoms with Crippen LogP contribution in [0.1, 0.15) is 44.0 Å². The smallest absolute Gasteiger partial charge is 0.251 e. The average Bonchev–Trinajstić information content (AvgIpc) is 2.32. The van der Waals surface area contributed by atoms with Crippen LogP contribution in [0.5, 0.6) is 11.5 Å². The van der Waals surface area contributed by atoms with Crippen LogP contribution in [0.2, 0.25) is 0 Å². The molecule has 0 saturated heterocycles. The Labute approximate surface area is 101 Å². The number of aromatic hydroxyl groups is 2. The Morgan fingerprint density at radius 3 is 2.29 bits per heavy atom. The maximum Gasteiger partial charge on any atom is 0.251 e. The van der Waals surface area contributed by atoms with Gasteiger partial charge in [0, 0.05) is 11.1 Å². The van der Waals surface area contributed by atoms with Crippen molar-refractivity contribution < 1.29 is 15.0 Å². The maximum absolute atomic E-state index is 11.9. The molecule has 1 amide bonds. The van der Waals surface area contributed by atoms with E-state index >= 15 is 0 Å². The molecule has 0 atom stereocenters. The fourth-order valence-corrected chi connectivity index (χ4v) is 1.44. The van der Waals surface area contributed by atoms with E-state index in [0.29, 0.717) is 5.56 Å². The van der Waals surface area contributed by atoms with E-state index in [-0.39, 0.29) is 22.9 Å². The van der Waals surface area contributed by atoms with Crippen molar-refractivity contribution in [2.45, 2.75) is 39.2 Å². The molecule has 0 heterocycles. The van der Waals surface area contributed by atoms with E-state index in [1.54, 1.807) is 0 Å². The number of hydrogen-bond acceptors (Lipinski definition) is 3. The van der Waals surface area contributed by atoms with Gasteiger partial charge in [0.1, 0.15) is 0 Å². The van der Waals surface area contributed by atoms with Gasteiger partial charge in [-0.1, -0.05) is 13.8 Å². The summed E-state index contributed by atoms with van der Waals surface area (Å²) in [7, 11) is 0. The van der Waals surface area contributed by atoms with Crippen LogP contribution in [0.3, 0.4) is 0 Å². The first kappa shape index (κ1) is 13.4. The topological polar surface area (TPSA) is 69.6 Å². The molecule has 0 fully saturated rings. The molecule has 0 aromatic heterocycles. The molecule has 0 saturated carbocycles. The van der Waals surface area contributed by atoms with E-state index in [0.717, 1.165) is 12.8 Å². The first-order valence-electron chi connectivity index (χ1n) is 5.76. The Hall–Kier alpha value is -1.71. The summed E-state index contributed by atoms with van der Waals surface area (Å²) in [6, 6.07) is 4.05. The van der Waals surface area contributed by atoms with Gasteiger partial charge in [-0.05, 0) is 38.0 Å². The lowest BCUT2D eigenvalue weighted by Gasteiger charge is -2.28. The van der Waals surface area contributed by atoms with E-state index in [4.69, 9.17) is 5.11 Å². The third-order valence-corrected chi connectivity index (χ3v) is 3.21. The molecule has 4 nitrogen and oxygen atoms in total. The number of phenolic OH excluding ortho intramolecular Hbond substituents is 2. The van der Waals surface area contributed by atoms with Crippen LogP contribution in [0.4, 0.5) is 0 Å². The molecule has 0 aliphatic rings. The van der Waals surface area contributed by atoms with Crippen molar-refractivity contribution in [3.8, 4) is 11.5 Å². The van der Waals surface area contributed by atoms with Crippen LogP contribution < -0.4 is 5.32 Å². The Balaban J connectivity index is 2.86. The quantitative estimate of drug-likeness (QED) is 0.704. The highest BCUT2D eigenvalue weighted by atomic mass is 16.3. The Bertz CT molecular complexity index is 411. The number of phenols is 2. The van der Waals surface area contributed by atoms with Gasteiger partial charge in [-0.15, -0.1) is 0 Å². The first-order chi connectivity index (χ1) is 7.91. The van der Waals surface area contributed by atoms with E-state index < -0.39 is 0 Å². The van der Waals surface area contributed by atoms with Crippen molar-refractivity contribution in [2.24, 2.45) is 0 Å². The third-order valence-electron chi connectivity index (χ3n) is 3.21. The van der Waals surface area contributed by atoms with Crippen LogP contribution in [-0.2, 0) is 0 Å². The zero-order valence-electron chi connectivity index (χ0n) is 10.4. The lowest BCUT2D eigenvalue weighted by atomic mass is 9.95. The molecule has 94 valence electrons. The number of hydrogen-bond donors (Lipinski definition) is 3. The molecule has 0 bridgehead atoms. The number of amides is 1. The van der Waals surface area contributed by atoms with Crippen molar-refractivity contribution in [3.63, 3.8) is 0 Å². The van der Waals surface area contributed by atoms with Crippen molar-refractivity contribution in [3.05, 3.63) is 23.8 Å². The standard InChI is InChI=1S/C13H19NO3/c1-4-13(3,5-2)14-12(17)9-6-7-10(15)11(16)8-9/h6-8,15-16H,4-5H2,1-3H3,(H,14,17). The molecule has 17 heavy (non-hydrogen) atoms. The molecule has 1 rings (SSSR count). The molecule has 1 aromatic carbocycles. The summed E-state index contributed by atoms with van der Waals surface area (Å²) < 4.78 is 0. The highest BCUT2D eigenvalue weighted by molar-refractivity contribution is 5.95. The molecular formula is C13H19NO3. The van der Waals surface area contributed by atoms with Crippen molar-refractivity contribution in [2.75, 3.05) is 0 Å². The fourth-order valence-electron chi connectivity index (χ4n) is 1.44. The lowest BCUT2D eigenvalue weighted by molar-refractivity contribution is 0.0900. The van der Waals surface area contributed by atoms with Crippen LogP contribution in [0.15, 0.2) is 18.2 Å². The van der Waals surface area contributed by atoms with Crippen LogP contribution in [-0.4, -0.2) is 21.7 Å². The van der Waals surface area contributed by atoms with Gasteiger partial charge in [0.15, 0.2) is 11.5 Å². The number of nitrogens with one attached hydrogen (secondary N) is 1. The summed E-state index contributed by atoms with van der Waals surface area (Å²) in [5.41, 5.74) is 0.0957. The summed E-state index contributed by atoms with van der Waals surface area (Å²) in [4.78, 5) is 11.9. The molecule has 3 N–H and O–H groups in total. The number of carbonyl (C=O) groups is 1. The van der Waals surface area contributed by atoms with Gasteiger partial charge >= 0.3 is 0 Å². The predicted octanol–water partition coefficient (Wildman–Crippen LogP) is 2.41. The summed E-state index contributed by atoms with van der Waals surface area (Å²) in [6.45, 7) is 6.00. The maximum atomic E-state index is 11.9. The van der Waals surface area contributed by atoms with Crippen molar-refractivity contribution in [1.82, 2.24) is 5.32 Å². The van der Waals surface area contributed by atoms with Gasteiger partial charge in [0.05, 0.1) is 0 Å². The molecule has 1 aromatic rings. The number of rotatable bonds is 4. The van der Waals surface area contributed by atoms with Gasteiger partial charge in [0.2, 0.25) is 0 Å². The molecule has 0 aliphatic heterocycles. The summed E-state index contributed by atoms with van der Waals surface area (Å²) in [6.07, 6.45) is 1.67. The van der Waals surface area contributed by atoms with Crippen molar-refractivity contribution >= 4 is 5.91 Å². The van der Waals surface area contributed by atoms with E-state index in [9.17, 15) is 9.90 Å². The molecule has 4 heteroatoms. The predicted molar refractivity (Wildman–Crippen MR) is 66.2 cm³/mol. The third kappa shape index (κ3) is 3.12. The SMILES string of the molecule is CCC(C)(CC)NC(=O)c1ccc(O)c(O)c1. The Morgan fingerprint density at radius 1 is 1.24 bits per heavy atom. The Kier molecular flexibility index (Phi) is 3.99. The number of carbonyl (C=O) groups excluding carboxylic acids is 1. The normalized spacial score (nSPS) is 11.2. The van der Waals surface area contributed by atoms with Crippen LogP contribution >= 0.6 is 0 Å². The molecule has 0 spiro atoms. The largest absolute Gasteiger partial charge is 0.504 e. The van der Waals surface area contributed by atoms with Gasteiger partial charge in [0.25, 0.3) is 5.91 Å². The minimum Gasteiger partial charge on any atom is -0.504 e. The zero-order valence-corrected chi connectivity index (χ0v) is 10.4. The van der Waals surface area contributed by atoms with Crippen LogP contribution in [0.25, 0.3) is 0 Å². The summed E-state index contributed by atoms with van der Waals surface area (Å²) >= 11 is 0. The highest BCUT2D eigenvalue weighted by Gasteiger charge is 2.22. The summed E-state index contributed by atoms with van der Waals surface area (Å²) in [5, 5.41) is 21.4. The van der Waals surface area contributed by atoms with Gasteiger partial charge in [-0.25, -0.2) is 0 Å². The minimum absolute atomic E-state index is 0.227. The minimum atomic E-state index is -0.285. The first-order valence-corrected chi connectivity index (χ1v) is 5.76. The zero-order chi connectivity index (χ0) is 13.1. The molecular weight excluding hydrogens is 218 g/mol. The molecule has 0 radical (unpaired) electrons. The van der Waals surface area contributed by atoms with Crippen LogP contribution in [0, 0.1) is 0 Å². The fraction of sp³-hybridized carbons (Fsp3) is 0.462. The second kappa shape index (κ2) is 5.08.